The number of amides is 1. The van der Waals surface area contributed by atoms with Gasteiger partial charge in [0.15, 0.2) is 0 Å². The molecule has 0 aliphatic carbocycles. The van der Waals surface area contributed by atoms with Crippen LogP contribution in [0.5, 0.6) is 0 Å². The lowest BCUT2D eigenvalue weighted by atomic mass is 10.2. The smallest absolute Gasteiger partial charge is 0.264 e. The van der Waals surface area contributed by atoms with E-state index in [1.807, 2.05) is 32.0 Å². The van der Waals surface area contributed by atoms with Gasteiger partial charge in [-0.1, -0.05) is 52.3 Å². The molecule has 0 saturated heterocycles. The molecule has 0 atom stereocenters. The Bertz CT molecular complexity index is 1550. The number of nitrogens with zero attached hydrogens (tertiary/aromatic N) is 3. The minimum absolute atomic E-state index is 0.0952. The summed E-state index contributed by atoms with van der Waals surface area (Å²) in [6.45, 7) is 5.63. The molecule has 4 aromatic rings. The number of para-hydroxylation sites is 1. The van der Waals surface area contributed by atoms with Crippen LogP contribution in [-0.2, 0) is 14.8 Å². The molecule has 1 N–H and O–H groups in total. The molecular formula is C28H27BrN4O3S. The third-order valence-corrected chi connectivity index (χ3v) is 8.27. The molecule has 0 saturated carbocycles. The van der Waals surface area contributed by atoms with Gasteiger partial charge in [-0.25, -0.2) is 13.8 Å². The number of anilines is 1. The van der Waals surface area contributed by atoms with Crippen LogP contribution in [0.25, 0.3) is 5.69 Å². The third-order valence-electron chi connectivity index (χ3n) is 5.95. The molecule has 3 aromatic carbocycles. The first-order chi connectivity index (χ1) is 17.7. The van der Waals surface area contributed by atoms with Crippen LogP contribution in [-0.4, -0.2) is 31.7 Å². The number of rotatable bonds is 8. The molecule has 190 valence electrons. The Morgan fingerprint density at radius 2 is 1.62 bits per heavy atom. The molecule has 0 aliphatic rings. The van der Waals surface area contributed by atoms with E-state index in [2.05, 4.69) is 50.1 Å². The maximum atomic E-state index is 13.4. The monoisotopic (exact) mass is 578 g/mol. The maximum Gasteiger partial charge on any atom is 0.264 e. The molecule has 4 rings (SSSR count). The minimum Gasteiger partial charge on any atom is -0.318 e. The normalized spacial score (nSPS) is 11.6. The highest BCUT2D eigenvalue weighted by Gasteiger charge is 2.27. The van der Waals surface area contributed by atoms with Crippen molar-refractivity contribution in [3.8, 4) is 5.69 Å². The minimum atomic E-state index is -3.98. The predicted molar refractivity (Wildman–Crippen MR) is 151 cm³/mol. The summed E-state index contributed by atoms with van der Waals surface area (Å²) in [5, 5.41) is 4.12. The van der Waals surface area contributed by atoms with Crippen molar-refractivity contribution in [1.82, 2.24) is 9.99 Å². The van der Waals surface area contributed by atoms with Crippen molar-refractivity contribution in [2.24, 2.45) is 5.10 Å². The Balaban J connectivity index is 1.55. The number of hydrogen-bond donors (Lipinski definition) is 1. The van der Waals surface area contributed by atoms with Crippen LogP contribution in [0, 0.1) is 20.8 Å². The van der Waals surface area contributed by atoms with Gasteiger partial charge < -0.3 is 4.57 Å². The highest BCUT2D eigenvalue weighted by Crippen LogP contribution is 2.25. The van der Waals surface area contributed by atoms with E-state index in [9.17, 15) is 13.2 Å². The van der Waals surface area contributed by atoms with Crippen LogP contribution >= 0.6 is 15.9 Å². The van der Waals surface area contributed by atoms with Crippen molar-refractivity contribution in [3.05, 3.63) is 112 Å². The molecule has 9 heteroatoms. The van der Waals surface area contributed by atoms with Gasteiger partial charge in [0.1, 0.15) is 6.54 Å². The second kappa shape index (κ2) is 11.1. The second-order valence-corrected chi connectivity index (χ2v) is 11.3. The fourth-order valence-corrected chi connectivity index (χ4v) is 5.79. The van der Waals surface area contributed by atoms with E-state index in [0.717, 1.165) is 37.0 Å². The zero-order chi connectivity index (χ0) is 26.6. The summed E-state index contributed by atoms with van der Waals surface area (Å²) in [5.74, 6) is -0.564. The average Bonchev–Trinajstić information content (AvgIpc) is 3.16. The third kappa shape index (κ3) is 5.84. The number of sulfonamides is 1. The van der Waals surface area contributed by atoms with Crippen molar-refractivity contribution in [2.45, 2.75) is 25.7 Å². The maximum absolute atomic E-state index is 13.4. The van der Waals surface area contributed by atoms with E-state index in [0.29, 0.717) is 5.69 Å². The number of hydrogen-bond acceptors (Lipinski definition) is 4. The highest BCUT2D eigenvalue weighted by molar-refractivity contribution is 9.10. The van der Waals surface area contributed by atoms with Crippen LogP contribution in [0.1, 0.15) is 22.5 Å². The molecule has 7 nitrogen and oxygen atoms in total. The molecule has 0 aliphatic heterocycles. The summed E-state index contributed by atoms with van der Waals surface area (Å²) in [6.07, 6.45) is 1.57. The van der Waals surface area contributed by atoms with E-state index < -0.39 is 22.5 Å². The Hall–Kier alpha value is -3.69. The number of aryl methyl sites for hydroxylation is 2. The molecule has 1 heterocycles. The molecule has 0 radical (unpaired) electrons. The summed E-state index contributed by atoms with van der Waals surface area (Å²) in [4.78, 5) is 12.9. The van der Waals surface area contributed by atoms with E-state index in [4.69, 9.17) is 0 Å². The number of carbonyl (C=O) groups excluding carboxylic acids is 1. The zero-order valence-corrected chi connectivity index (χ0v) is 23.1. The van der Waals surface area contributed by atoms with Crippen molar-refractivity contribution in [1.29, 1.82) is 0 Å². The van der Waals surface area contributed by atoms with Gasteiger partial charge in [0.2, 0.25) is 0 Å². The van der Waals surface area contributed by atoms with Crippen molar-refractivity contribution >= 4 is 43.8 Å². The van der Waals surface area contributed by atoms with E-state index in [-0.39, 0.29) is 4.90 Å². The standard InChI is InChI=1S/C28H27BrN4O3S/c1-20-9-7-8-12-27(20)33-21(2)17-23(22(33)3)18-30-31-28(34)19-32(25-15-13-24(29)14-16-25)37(35,36)26-10-5-4-6-11-26/h4-18H,19H2,1-3H3,(H,31,34)/b30-18-. The number of nitrogens with one attached hydrogen (secondary N) is 1. The fraction of sp³-hybridized carbons (Fsp3) is 0.143. The quantitative estimate of drug-likeness (QED) is 0.221. The number of halogens is 1. The van der Waals surface area contributed by atoms with Crippen LogP contribution in [0.15, 0.2) is 99.4 Å². The molecule has 0 fully saturated rings. The Kier molecular flexibility index (Phi) is 7.94. The summed E-state index contributed by atoms with van der Waals surface area (Å²) in [6, 6.07) is 24.9. The first-order valence-electron chi connectivity index (χ1n) is 11.6. The predicted octanol–water partition coefficient (Wildman–Crippen LogP) is 5.51. The second-order valence-electron chi connectivity index (χ2n) is 8.54. The van der Waals surface area contributed by atoms with Crippen LogP contribution in [0.3, 0.4) is 0 Å². The lowest BCUT2D eigenvalue weighted by Crippen LogP contribution is -2.39. The number of hydrazone groups is 1. The summed E-state index contributed by atoms with van der Waals surface area (Å²) < 4.78 is 30.8. The largest absolute Gasteiger partial charge is 0.318 e. The van der Waals surface area contributed by atoms with Gasteiger partial charge in [-0.15, -0.1) is 0 Å². The van der Waals surface area contributed by atoms with Gasteiger partial charge in [0.05, 0.1) is 16.8 Å². The summed E-state index contributed by atoms with van der Waals surface area (Å²) in [5.41, 5.74) is 7.94. The highest BCUT2D eigenvalue weighted by atomic mass is 79.9. The van der Waals surface area contributed by atoms with Gasteiger partial charge in [0, 0.05) is 27.1 Å². The summed E-state index contributed by atoms with van der Waals surface area (Å²) in [7, 11) is -3.98. The van der Waals surface area contributed by atoms with Crippen molar-refractivity contribution in [2.75, 3.05) is 10.8 Å². The topological polar surface area (TPSA) is 83.8 Å². The SMILES string of the molecule is Cc1ccccc1-n1c(C)cc(/C=N\NC(=O)CN(c2ccc(Br)cc2)S(=O)(=O)c2ccccc2)c1C. The van der Waals surface area contributed by atoms with Crippen LogP contribution in [0.4, 0.5) is 5.69 Å². The number of benzene rings is 3. The first-order valence-corrected chi connectivity index (χ1v) is 13.8. The molecular weight excluding hydrogens is 552 g/mol. The molecule has 37 heavy (non-hydrogen) atoms. The Morgan fingerprint density at radius 3 is 2.30 bits per heavy atom. The van der Waals surface area contributed by atoms with Crippen molar-refractivity contribution < 1.29 is 13.2 Å². The van der Waals surface area contributed by atoms with Gasteiger partial charge in [-0.2, -0.15) is 5.10 Å². The molecule has 0 spiro atoms. The molecule has 1 aromatic heterocycles. The van der Waals surface area contributed by atoms with E-state index in [1.54, 1.807) is 48.7 Å². The van der Waals surface area contributed by atoms with Gasteiger partial charge in [-0.3, -0.25) is 9.10 Å². The van der Waals surface area contributed by atoms with Crippen molar-refractivity contribution in [3.63, 3.8) is 0 Å². The average molecular weight is 580 g/mol. The van der Waals surface area contributed by atoms with Gasteiger partial charge in [-0.05, 0) is 74.9 Å². The van der Waals surface area contributed by atoms with E-state index >= 15 is 0 Å². The zero-order valence-electron chi connectivity index (χ0n) is 20.7. The Morgan fingerprint density at radius 1 is 0.973 bits per heavy atom. The molecule has 0 bridgehead atoms. The fourth-order valence-electron chi connectivity index (χ4n) is 4.09. The first kappa shape index (κ1) is 26.4. The number of aromatic nitrogens is 1. The lowest BCUT2D eigenvalue weighted by Gasteiger charge is -2.23. The van der Waals surface area contributed by atoms with Crippen LogP contribution in [0.2, 0.25) is 0 Å². The van der Waals surface area contributed by atoms with Gasteiger partial charge in [0.25, 0.3) is 15.9 Å². The number of carbonyl (C=O) groups is 1. The van der Waals surface area contributed by atoms with E-state index in [1.165, 1.54) is 12.1 Å². The molecule has 1 amide bonds. The van der Waals surface area contributed by atoms with Crippen LogP contribution < -0.4 is 9.73 Å². The molecule has 0 unspecified atom stereocenters. The Labute approximate surface area is 225 Å². The lowest BCUT2D eigenvalue weighted by molar-refractivity contribution is -0.119. The summed E-state index contributed by atoms with van der Waals surface area (Å²) >= 11 is 3.36. The van der Waals surface area contributed by atoms with Gasteiger partial charge >= 0.3 is 0 Å².